The Balaban J connectivity index is 2.02. The van der Waals surface area contributed by atoms with Gasteiger partial charge in [0, 0.05) is 29.3 Å². The number of esters is 1. The van der Waals surface area contributed by atoms with Crippen LogP contribution in [0.4, 0.5) is 0 Å². The summed E-state index contributed by atoms with van der Waals surface area (Å²) in [7, 11) is 0. The minimum absolute atomic E-state index is 0.303. The van der Waals surface area contributed by atoms with E-state index in [2.05, 4.69) is 20.5 Å². The van der Waals surface area contributed by atoms with E-state index in [0.29, 0.717) is 34.8 Å². The number of hydrogen-bond donors (Lipinski definition) is 2. The lowest BCUT2D eigenvalue weighted by Crippen LogP contribution is -2.13. The lowest BCUT2D eigenvalue weighted by atomic mass is 10.0. The van der Waals surface area contributed by atoms with Crippen LogP contribution in [0.25, 0.3) is 6.08 Å². The number of amides is 1. The van der Waals surface area contributed by atoms with Crippen LogP contribution >= 0.6 is 0 Å². The van der Waals surface area contributed by atoms with Crippen molar-refractivity contribution in [3.8, 4) is 0 Å². The summed E-state index contributed by atoms with van der Waals surface area (Å²) in [6.07, 6.45) is 4.99. The second-order valence-corrected chi connectivity index (χ2v) is 5.59. The zero-order chi connectivity index (χ0) is 18.0. The fourth-order valence-corrected chi connectivity index (χ4v) is 2.76. The highest BCUT2D eigenvalue weighted by Gasteiger charge is 2.26. The van der Waals surface area contributed by atoms with Crippen molar-refractivity contribution in [1.29, 1.82) is 0 Å². The third-order valence-corrected chi connectivity index (χ3v) is 3.95. The number of aryl methyl sites for hydroxylation is 1. The van der Waals surface area contributed by atoms with Crippen molar-refractivity contribution in [2.24, 2.45) is 5.10 Å². The number of aromatic nitrogens is 2. The number of nitrogens with zero attached hydrogens (tertiary/aromatic N) is 2. The van der Waals surface area contributed by atoms with Crippen LogP contribution in [0.15, 0.2) is 35.2 Å². The summed E-state index contributed by atoms with van der Waals surface area (Å²) in [6, 6.07) is 3.61. The molecule has 7 heteroatoms. The number of rotatable bonds is 4. The first-order valence-corrected chi connectivity index (χ1v) is 7.89. The Morgan fingerprint density at radius 2 is 2.16 bits per heavy atom. The zero-order valence-corrected chi connectivity index (χ0v) is 14.2. The number of pyridine rings is 1. The fourth-order valence-electron chi connectivity index (χ4n) is 2.76. The lowest BCUT2D eigenvalue weighted by molar-refractivity contribution is -0.116. The molecule has 0 aliphatic carbocycles. The van der Waals surface area contributed by atoms with Gasteiger partial charge in [0.15, 0.2) is 0 Å². The molecule has 0 fully saturated rings. The molecule has 1 aliphatic rings. The largest absolute Gasteiger partial charge is 0.462 e. The van der Waals surface area contributed by atoms with Crippen LogP contribution in [-0.4, -0.2) is 34.2 Å². The molecule has 3 heterocycles. The molecule has 0 radical (unpaired) electrons. The van der Waals surface area contributed by atoms with Gasteiger partial charge in [-0.25, -0.2) is 10.2 Å². The van der Waals surface area contributed by atoms with Crippen LogP contribution < -0.4 is 5.43 Å². The van der Waals surface area contributed by atoms with Crippen molar-refractivity contribution < 1.29 is 14.3 Å². The molecule has 7 nitrogen and oxygen atoms in total. The van der Waals surface area contributed by atoms with Gasteiger partial charge in [-0.15, -0.1) is 0 Å². The molecule has 2 aromatic heterocycles. The summed E-state index contributed by atoms with van der Waals surface area (Å²) in [6.45, 7) is 5.68. The van der Waals surface area contributed by atoms with Gasteiger partial charge >= 0.3 is 5.97 Å². The molecule has 0 aromatic carbocycles. The van der Waals surface area contributed by atoms with Crippen LogP contribution in [0.2, 0.25) is 0 Å². The lowest BCUT2D eigenvalue weighted by Gasteiger charge is -2.03. The molecule has 0 saturated heterocycles. The zero-order valence-electron chi connectivity index (χ0n) is 14.2. The van der Waals surface area contributed by atoms with Crippen LogP contribution in [0.1, 0.15) is 39.8 Å². The molecule has 0 spiro atoms. The number of aromatic amines is 1. The maximum atomic E-state index is 12.2. The number of ether oxygens (including phenoxy) is 1. The van der Waals surface area contributed by atoms with E-state index in [1.807, 2.05) is 13.0 Å². The van der Waals surface area contributed by atoms with Crippen LogP contribution in [0, 0.1) is 13.8 Å². The Hall–Kier alpha value is -3.22. The highest BCUT2D eigenvalue weighted by Crippen LogP contribution is 2.23. The average molecular weight is 338 g/mol. The molecule has 25 heavy (non-hydrogen) atoms. The third kappa shape index (κ3) is 3.08. The average Bonchev–Trinajstić information content (AvgIpc) is 3.09. The summed E-state index contributed by atoms with van der Waals surface area (Å²) < 4.78 is 5.09. The Labute approximate surface area is 144 Å². The molecule has 128 valence electrons. The Morgan fingerprint density at radius 3 is 2.84 bits per heavy atom. The molecule has 1 amide bonds. The van der Waals surface area contributed by atoms with Gasteiger partial charge in [0.25, 0.3) is 5.91 Å². The van der Waals surface area contributed by atoms with E-state index in [9.17, 15) is 9.59 Å². The Kier molecular flexibility index (Phi) is 4.47. The van der Waals surface area contributed by atoms with Gasteiger partial charge in [-0.3, -0.25) is 9.78 Å². The predicted molar refractivity (Wildman–Crippen MR) is 93.1 cm³/mol. The SMILES string of the molecule is CCOC(=O)c1c(C)[nH]c(/C=C2/C(=O)NN=C2c2cccnc2)c1C. The van der Waals surface area contributed by atoms with Crippen LogP contribution in [-0.2, 0) is 9.53 Å². The number of hydrazone groups is 1. The first-order valence-electron chi connectivity index (χ1n) is 7.89. The molecule has 0 unspecified atom stereocenters. The number of carbonyl (C=O) groups excluding carboxylic acids is 2. The quantitative estimate of drug-likeness (QED) is 0.659. The topological polar surface area (TPSA) is 96.4 Å². The normalized spacial score (nSPS) is 15.2. The van der Waals surface area contributed by atoms with Crippen molar-refractivity contribution in [1.82, 2.24) is 15.4 Å². The molecule has 3 rings (SSSR count). The summed E-state index contributed by atoms with van der Waals surface area (Å²) in [5.74, 6) is -0.682. The summed E-state index contributed by atoms with van der Waals surface area (Å²) in [5.41, 5.74) is 6.72. The van der Waals surface area contributed by atoms with E-state index in [4.69, 9.17) is 4.74 Å². The molecule has 2 aromatic rings. The van der Waals surface area contributed by atoms with Gasteiger partial charge in [0.05, 0.1) is 17.7 Å². The standard InChI is InChI=1S/C18H18N4O3/c1-4-25-18(24)15-10(2)14(20-11(15)3)8-13-16(21-22-17(13)23)12-6-5-7-19-9-12/h5-9,20H,4H2,1-3H3,(H,22,23)/b13-8+. The highest BCUT2D eigenvalue weighted by atomic mass is 16.5. The minimum atomic E-state index is -0.379. The van der Waals surface area contributed by atoms with Crippen molar-refractivity contribution in [2.75, 3.05) is 6.61 Å². The number of nitrogens with one attached hydrogen (secondary N) is 2. The van der Waals surface area contributed by atoms with Gasteiger partial charge in [-0.2, -0.15) is 5.10 Å². The number of H-pyrrole nitrogens is 1. The number of carbonyl (C=O) groups is 2. The smallest absolute Gasteiger partial charge is 0.340 e. The van der Waals surface area contributed by atoms with Gasteiger partial charge in [0.2, 0.25) is 0 Å². The third-order valence-electron chi connectivity index (χ3n) is 3.95. The molecular formula is C18H18N4O3. The highest BCUT2D eigenvalue weighted by molar-refractivity contribution is 6.33. The van der Waals surface area contributed by atoms with Gasteiger partial charge in [-0.1, -0.05) is 0 Å². The summed E-state index contributed by atoms with van der Waals surface area (Å²) in [5, 5.41) is 4.09. The molecular weight excluding hydrogens is 320 g/mol. The maximum absolute atomic E-state index is 12.2. The number of hydrogen-bond acceptors (Lipinski definition) is 5. The van der Waals surface area contributed by atoms with Crippen LogP contribution in [0.3, 0.4) is 0 Å². The van der Waals surface area contributed by atoms with Crippen molar-refractivity contribution >= 4 is 23.7 Å². The maximum Gasteiger partial charge on any atom is 0.340 e. The Morgan fingerprint density at radius 1 is 1.36 bits per heavy atom. The van der Waals surface area contributed by atoms with E-state index in [0.717, 1.165) is 11.1 Å². The van der Waals surface area contributed by atoms with Crippen molar-refractivity contribution in [3.05, 3.63) is 58.2 Å². The summed E-state index contributed by atoms with van der Waals surface area (Å²) >= 11 is 0. The van der Waals surface area contributed by atoms with Crippen molar-refractivity contribution in [3.63, 3.8) is 0 Å². The van der Waals surface area contributed by atoms with E-state index < -0.39 is 0 Å². The van der Waals surface area contributed by atoms with Gasteiger partial charge in [0.1, 0.15) is 5.71 Å². The van der Waals surface area contributed by atoms with E-state index >= 15 is 0 Å². The predicted octanol–water partition coefficient (Wildman–Crippen LogP) is 2.12. The molecule has 1 aliphatic heterocycles. The molecule has 0 atom stereocenters. The Bertz CT molecular complexity index is 895. The second-order valence-electron chi connectivity index (χ2n) is 5.59. The van der Waals surface area contributed by atoms with E-state index in [1.54, 1.807) is 38.4 Å². The molecule has 0 bridgehead atoms. The van der Waals surface area contributed by atoms with E-state index in [1.165, 1.54) is 0 Å². The monoisotopic (exact) mass is 338 g/mol. The summed E-state index contributed by atoms with van der Waals surface area (Å²) in [4.78, 5) is 31.5. The van der Waals surface area contributed by atoms with Gasteiger partial charge in [-0.05, 0) is 44.5 Å². The van der Waals surface area contributed by atoms with E-state index in [-0.39, 0.29) is 11.9 Å². The first-order chi connectivity index (χ1) is 12.0. The van der Waals surface area contributed by atoms with Crippen molar-refractivity contribution in [2.45, 2.75) is 20.8 Å². The first kappa shape index (κ1) is 16.6. The van der Waals surface area contributed by atoms with Crippen LogP contribution in [0.5, 0.6) is 0 Å². The fraction of sp³-hybridized carbons (Fsp3) is 0.222. The second kappa shape index (κ2) is 6.72. The molecule has 0 saturated carbocycles. The minimum Gasteiger partial charge on any atom is -0.462 e. The molecule has 2 N–H and O–H groups in total. The van der Waals surface area contributed by atoms with Gasteiger partial charge < -0.3 is 9.72 Å².